The van der Waals surface area contributed by atoms with Crippen molar-refractivity contribution in [2.45, 2.75) is 46.4 Å². The normalized spacial score (nSPS) is 23.4. The molecule has 2 unspecified atom stereocenters. The molecule has 1 aromatic rings. The summed E-state index contributed by atoms with van der Waals surface area (Å²) in [6.07, 6.45) is 4.42. The van der Waals surface area contributed by atoms with Crippen LogP contribution in [0.15, 0.2) is 18.5 Å². The van der Waals surface area contributed by atoms with Gasteiger partial charge in [0.2, 0.25) is 0 Å². The van der Waals surface area contributed by atoms with Gasteiger partial charge in [-0.3, -0.25) is 4.98 Å². The highest BCUT2D eigenvalue weighted by Gasteiger charge is 2.23. The van der Waals surface area contributed by atoms with Crippen LogP contribution in [0.3, 0.4) is 0 Å². The zero-order valence-corrected chi connectivity index (χ0v) is 13.1. The van der Waals surface area contributed by atoms with Gasteiger partial charge >= 0.3 is 0 Å². The van der Waals surface area contributed by atoms with Crippen LogP contribution in [0.25, 0.3) is 0 Å². The number of rotatable bonds is 5. The van der Waals surface area contributed by atoms with Crippen molar-refractivity contribution >= 4 is 5.69 Å². The second kappa shape index (κ2) is 7.04. The summed E-state index contributed by atoms with van der Waals surface area (Å²) in [5.74, 6) is 0.665. The zero-order valence-electron chi connectivity index (χ0n) is 13.1. The van der Waals surface area contributed by atoms with Crippen molar-refractivity contribution in [3.8, 4) is 0 Å². The maximum Gasteiger partial charge on any atom is 0.0726 e. The summed E-state index contributed by atoms with van der Waals surface area (Å²) in [6, 6.07) is 2.12. The number of nitrogens with one attached hydrogen (secondary N) is 1. The molecule has 2 atom stereocenters. The van der Waals surface area contributed by atoms with Crippen molar-refractivity contribution in [3.63, 3.8) is 0 Å². The van der Waals surface area contributed by atoms with Gasteiger partial charge in [-0.1, -0.05) is 13.8 Å². The minimum atomic E-state index is 0.281. The molecule has 2 heterocycles. The number of nitrogens with zero attached hydrogens (tertiary/aromatic N) is 2. The van der Waals surface area contributed by atoms with Gasteiger partial charge in [0, 0.05) is 43.3 Å². The molecule has 1 aliphatic heterocycles. The summed E-state index contributed by atoms with van der Waals surface area (Å²) >= 11 is 0. The largest absolute Gasteiger partial charge is 0.372 e. The molecule has 0 radical (unpaired) electrons. The van der Waals surface area contributed by atoms with E-state index in [0.717, 1.165) is 26.2 Å². The smallest absolute Gasteiger partial charge is 0.0726 e. The first-order chi connectivity index (χ1) is 9.56. The second-order valence-corrected chi connectivity index (χ2v) is 6.19. The molecule has 0 saturated carbocycles. The number of pyridine rings is 1. The number of aromatic nitrogens is 1. The molecule has 112 valence electrons. The first-order valence-corrected chi connectivity index (χ1v) is 7.60. The molecule has 1 fully saturated rings. The van der Waals surface area contributed by atoms with Gasteiger partial charge in [0.1, 0.15) is 0 Å². The van der Waals surface area contributed by atoms with Crippen molar-refractivity contribution < 1.29 is 4.74 Å². The van der Waals surface area contributed by atoms with E-state index in [4.69, 9.17) is 4.74 Å². The van der Waals surface area contributed by atoms with Crippen molar-refractivity contribution in [1.29, 1.82) is 0 Å². The minimum absolute atomic E-state index is 0.281. The van der Waals surface area contributed by atoms with Gasteiger partial charge in [-0.05, 0) is 32.4 Å². The molecule has 1 aliphatic rings. The van der Waals surface area contributed by atoms with E-state index in [9.17, 15) is 0 Å². The van der Waals surface area contributed by atoms with E-state index in [1.165, 1.54) is 11.3 Å². The molecule has 4 nitrogen and oxygen atoms in total. The van der Waals surface area contributed by atoms with Crippen LogP contribution in [-0.4, -0.2) is 36.8 Å². The van der Waals surface area contributed by atoms with E-state index in [1.807, 2.05) is 12.4 Å². The van der Waals surface area contributed by atoms with Crippen molar-refractivity contribution in [2.75, 3.05) is 24.5 Å². The first kappa shape index (κ1) is 15.3. The number of anilines is 1. The highest BCUT2D eigenvalue weighted by molar-refractivity contribution is 5.52. The standard InChI is InChI=1S/C16H27N3O/c1-12(2)7-18-9-15-8-17-6-5-16(15)19-10-13(3)20-14(4)11-19/h5-6,8,12-14,18H,7,9-11H2,1-4H3. The van der Waals surface area contributed by atoms with Gasteiger partial charge in [0.25, 0.3) is 0 Å². The fourth-order valence-corrected chi connectivity index (χ4v) is 2.73. The zero-order chi connectivity index (χ0) is 14.5. The van der Waals surface area contributed by atoms with Crippen LogP contribution in [0.2, 0.25) is 0 Å². The van der Waals surface area contributed by atoms with E-state index in [-0.39, 0.29) is 12.2 Å². The minimum Gasteiger partial charge on any atom is -0.372 e. The summed E-state index contributed by atoms with van der Waals surface area (Å²) in [4.78, 5) is 6.70. The number of hydrogen-bond donors (Lipinski definition) is 1. The quantitative estimate of drug-likeness (QED) is 0.897. The van der Waals surface area contributed by atoms with Gasteiger partial charge in [-0.25, -0.2) is 0 Å². The molecule has 0 amide bonds. The molecule has 1 N–H and O–H groups in total. The van der Waals surface area contributed by atoms with E-state index < -0.39 is 0 Å². The SMILES string of the molecule is CC(C)CNCc1cnccc1N1CC(C)OC(C)C1. The molecule has 0 aliphatic carbocycles. The third-order valence-corrected chi connectivity index (χ3v) is 3.51. The lowest BCUT2D eigenvalue weighted by Gasteiger charge is -2.37. The third kappa shape index (κ3) is 4.18. The highest BCUT2D eigenvalue weighted by Crippen LogP contribution is 2.23. The Morgan fingerprint density at radius 1 is 1.35 bits per heavy atom. The molecule has 0 spiro atoms. The van der Waals surface area contributed by atoms with Crippen LogP contribution in [-0.2, 0) is 11.3 Å². The Balaban J connectivity index is 2.06. The predicted molar refractivity (Wildman–Crippen MR) is 83.0 cm³/mol. The summed E-state index contributed by atoms with van der Waals surface area (Å²) < 4.78 is 5.82. The van der Waals surface area contributed by atoms with Gasteiger partial charge < -0.3 is 15.0 Å². The fraction of sp³-hybridized carbons (Fsp3) is 0.688. The van der Waals surface area contributed by atoms with Crippen LogP contribution < -0.4 is 10.2 Å². The van der Waals surface area contributed by atoms with Crippen molar-refractivity contribution in [2.24, 2.45) is 5.92 Å². The fourth-order valence-electron chi connectivity index (χ4n) is 2.73. The maximum absolute atomic E-state index is 5.82. The predicted octanol–water partition coefficient (Wildman–Crippen LogP) is 2.44. The number of hydrogen-bond acceptors (Lipinski definition) is 4. The Morgan fingerprint density at radius 3 is 2.70 bits per heavy atom. The molecular weight excluding hydrogens is 250 g/mol. The van der Waals surface area contributed by atoms with Crippen LogP contribution in [0, 0.1) is 5.92 Å². The molecule has 1 aromatic heterocycles. The Hall–Kier alpha value is -1.13. The summed E-state index contributed by atoms with van der Waals surface area (Å²) in [6.45, 7) is 12.5. The Morgan fingerprint density at radius 2 is 2.05 bits per heavy atom. The average molecular weight is 277 g/mol. The lowest BCUT2D eigenvalue weighted by atomic mass is 10.1. The van der Waals surface area contributed by atoms with Crippen LogP contribution in [0.4, 0.5) is 5.69 Å². The summed E-state index contributed by atoms with van der Waals surface area (Å²) in [5, 5.41) is 3.51. The Bertz CT molecular complexity index is 412. The Kier molecular flexibility index (Phi) is 5.38. The van der Waals surface area contributed by atoms with Gasteiger partial charge in [-0.2, -0.15) is 0 Å². The van der Waals surface area contributed by atoms with E-state index in [1.54, 1.807) is 0 Å². The molecule has 20 heavy (non-hydrogen) atoms. The van der Waals surface area contributed by atoms with Crippen LogP contribution in [0.5, 0.6) is 0 Å². The molecule has 0 aromatic carbocycles. The molecule has 0 bridgehead atoms. The maximum atomic E-state index is 5.82. The monoisotopic (exact) mass is 277 g/mol. The lowest BCUT2D eigenvalue weighted by Crippen LogP contribution is -2.46. The van der Waals surface area contributed by atoms with Crippen molar-refractivity contribution in [1.82, 2.24) is 10.3 Å². The average Bonchev–Trinajstić information content (AvgIpc) is 2.37. The van der Waals surface area contributed by atoms with E-state index >= 15 is 0 Å². The Labute approximate surface area is 122 Å². The first-order valence-electron chi connectivity index (χ1n) is 7.60. The number of ether oxygens (including phenoxy) is 1. The number of morpholine rings is 1. The third-order valence-electron chi connectivity index (χ3n) is 3.51. The second-order valence-electron chi connectivity index (χ2n) is 6.19. The van der Waals surface area contributed by atoms with Crippen LogP contribution in [0.1, 0.15) is 33.3 Å². The van der Waals surface area contributed by atoms with E-state index in [2.05, 4.69) is 49.0 Å². The lowest BCUT2D eigenvalue weighted by molar-refractivity contribution is -0.00527. The highest BCUT2D eigenvalue weighted by atomic mass is 16.5. The van der Waals surface area contributed by atoms with Gasteiger partial charge in [0.15, 0.2) is 0 Å². The van der Waals surface area contributed by atoms with Gasteiger partial charge in [0.05, 0.1) is 12.2 Å². The summed E-state index contributed by atoms with van der Waals surface area (Å²) in [7, 11) is 0. The molecule has 2 rings (SSSR count). The molecular formula is C16H27N3O. The van der Waals surface area contributed by atoms with Crippen LogP contribution >= 0.6 is 0 Å². The van der Waals surface area contributed by atoms with E-state index in [0.29, 0.717) is 5.92 Å². The summed E-state index contributed by atoms with van der Waals surface area (Å²) in [5.41, 5.74) is 2.56. The topological polar surface area (TPSA) is 37.4 Å². The van der Waals surface area contributed by atoms with Crippen molar-refractivity contribution in [3.05, 3.63) is 24.0 Å². The molecule has 4 heteroatoms. The molecule has 1 saturated heterocycles. The van der Waals surface area contributed by atoms with Gasteiger partial charge in [-0.15, -0.1) is 0 Å².